The molecule has 44 heavy (non-hydrogen) atoms. The van der Waals surface area contributed by atoms with Gasteiger partial charge in [-0.1, -0.05) is 109 Å². The first-order valence-electron chi connectivity index (χ1n) is 14.9. The van der Waals surface area contributed by atoms with Gasteiger partial charge >= 0.3 is 0 Å². The Bertz CT molecular complexity index is 2490. The van der Waals surface area contributed by atoms with Crippen molar-refractivity contribution in [3.8, 4) is 11.1 Å². The third-order valence-corrected chi connectivity index (χ3v) is 8.71. The summed E-state index contributed by atoms with van der Waals surface area (Å²) in [5.74, 6) is 0. The van der Waals surface area contributed by atoms with E-state index in [1.165, 1.54) is 43.4 Å². The Hall–Kier alpha value is -5.93. The van der Waals surface area contributed by atoms with Gasteiger partial charge in [0.25, 0.3) is 0 Å². The molecule has 0 amide bonds. The summed E-state index contributed by atoms with van der Waals surface area (Å²) in [7, 11) is 0. The lowest BCUT2D eigenvalue weighted by molar-refractivity contribution is 0.668. The SMILES string of the molecule is c1ccc(N(c2ccc(-c3ccc4ccc5ccc6ccccc6c5c4c3)cc2)c2cncc3c2oc2ccccc23)cc1. The Morgan fingerprint density at radius 1 is 0.455 bits per heavy atom. The normalized spacial score (nSPS) is 11.6. The maximum atomic E-state index is 6.43. The summed E-state index contributed by atoms with van der Waals surface area (Å²) in [4.78, 5) is 6.87. The van der Waals surface area contributed by atoms with Crippen molar-refractivity contribution in [2.45, 2.75) is 0 Å². The summed E-state index contributed by atoms with van der Waals surface area (Å²) in [5.41, 5.74) is 7.02. The van der Waals surface area contributed by atoms with E-state index in [0.717, 1.165) is 39.0 Å². The highest BCUT2D eigenvalue weighted by molar-refractivity contribution is 6.20. The number of anilines is 3. The van der Waals surface area contributed by atoms with E-state index in [9.17, 15) is 0 Å². The minimum absolute atomic E-state index is 0.822. The second kappa shape index (κ2) is 9.82. The number of fused-ring (bicyclic) bond motifs is 8. The minimum atomic E-state index is 0.822. The van der Waals surface area contributed by atoms with Gasteiger partial charge in [-0.15, -0.1) is 0 Å². The van der Waals surface area contributed by atoms with E-state index in [4.69, 9.17) is 4.42 Å². The van der Waals surface area contributed by atoms with Crippen LogP contribution in [0.5, 0.6) is 0 Å². The fourth-order valence-electron chi connectivity index (χ4n) is 6.60. The molecule has 0 radical (unpaired) electrons. The van der Waals surface area contributed by atoms with E-state index in [2.05, 4.69) is 131 Å². The monoisotopic (exact) mass is 562 g/mol. The molecule has 0 fully saturated rings. The average molecular weight is 563 g/mol. The van der Waals surface area contributed by atoms with Crippen molar-refractivity contribution >= 4 is 71.3 Å². The van der Waals surface area contributed by atoms with E-state index in [0.29, 0.717) is 0 Å². The first-order valence-corrected chi connectivity index (χ1v) is 14.9. The topological polar surface area (TPSA) is 29.3 Å². The minimum Gasteiger partial charge on any atom is -0.454 e. The number of pyridine rings is 1. The molecule has 0 saturated carbocycles. The second-order valence-corrected chi connectivity index (χ2v) is 11.2. The van der Waals surface area contributed by atoms with Gasteiger partial charge in [-0.2, -0.15) is 0 Å². The Balaban J connectivity index is 1.19. The number of rotatable bonds is 4. The quantitative estimate of drug-likeness (QED) is 0.200. The van der Waals surface area contributed by atoms with Crippen molar-refractivity contribution in [1.29, 1.82) is 0 Å². The predicted octanol–water partition coefficient (Wildman–Crippen LogP) is 11.6. The van der Waals surface area contributed by atoms with Crippen molar-refractivity contribution in [2.24, 2.45) is 0 Å². The summed E-state index contributed by atoms with van der Waals surface area (Å²) in [6.45, 7) is 0. The molecule has 3 heteroatoms. The average Bonchev–Trinajstić information content (AvgIpc) is 3.48. The van der Waals surface area contributed by atoms with E-state index in [1.54, 1.807) is 0 Å². The van der Waals surface area contributed by atoms with E-state index < -0.39 is 0 Å². The fourth-order valence-corrected chi connectivity index (χ4v) is 6.60. The molecular formula is C41H26N2O. The number of benzene rings is 7. The van der Waals surface area contributed by atoms with Crippen molar-refractivity contribution in [3.63, 3.8) is 0 Å². The van der Waals surface area contributed by atoms with Crippen LogP contribution in [0.15, 0.2) is 162 Å². The molecule has 0 spiro atoms. The molecule has 0 unspecified atom stereocenters. The van der Waals surface area contributed by atoms with Crippen molar-refractivity contribution in [1.82, 2.24) is 4.98 Å². The zero-order valence-electron chi connectivity index (χ0n) is 23.8. The van der Waals surface area contributed by atoms with Crippen LogP contribution < -0.4 is 4.90 Å². The maximum absolute atomic E-state index is 6.43. The van der Waals surface area contributed by atoms with Crippen molar-refractivity contribution < 1.29 is 4.42 Å². The van der Waals surface area contributed by atoms with Gasteiger partial charge in [-0.3, -0.25) is 4.98 Å². The van der Waals surface area contributed by atoms with Crippen LogP contribution in [0, 0.1) is 0 Å². The number of nitrogens with zero attached hydrogens (tertiary/aromatic N) is 2. The lowest BCUT2D eigenvalue weighted by Gasteiger charge is -2.25. The van der Waals surface area contributed by atoms with Crippen molar-refractivity contribution in [2.75, 3.05) is 4.90 Å². The molecule has 2 heterocycles. The molecule has 3 nitrogen and oxygen atoms in total. The highest BCUT2D eigenvalue weighted by Crippen LogP contribution is 2.42. The molecule has 0 aliphatic carbocycles. The number of aromatic nitrogens is 1. The summed E-state index contributed by atoms with van der Waals surface area (Å²) in [6.07, 6.45) is 3.79. The zero-order chi connectivity index (χ0) is 29.0. The van der Waals surface area contributed by atoms with E-state index >= 15 is 0 Å². The van der Waals surface area contributed by atoms with Gasteiger partial charge in [0.2, 0.25) is 0 Å². The van der Waals surface area contributed by atoms with Crippen LogP contribution in [0.1, 0.15) is 0 Å². The summed E-state index contributed by atoms with van der Waals surface area (Å²) < 4.78 is 6.43. The highest BCUT2D eigenvalue weighted by Gasteiger charge is 2.19. The smallest absolute Gasteiger partial charge is 0.162 e. The van der Waals surface area contributed by atoms with Gasteiger partial charge in [0, 0.05) is 28.3 Å². The molecule has 0 bridgehead atoms. The number of furan rings is 1. The van der Waals surface area contributed by atoms with Gasteiger partial charge < -0.3 is 9.32 Å². The van der Waals surface area contributed by atoms with Gasteiger partial charge in [0.1, 0.15) is 11.3 Å². The first kappa shape index (κ1) is 24.6. The number of hydrogen-bond donors (Lipinski definition) is 0. The second-order valence-electron chi connectivity index (χ2n) is 11.2. The molecule has 9 rings (SSSR count). The summed E-state index contributed by atoms with van der Waals surface area (Å²) in [6, 6.07) is 51.7. The molecule has 0 saturated heterocycles. The third-order valence-electron chi connectivity index (χ3n) is 8.71. The molecule has 0 aliphatic rings. The summed E-state index contributed by atoms with van der Waals surface area (Å²) in [5, 5.41) is 9.71. The lowest BCUT2D eigenvalue weighted by atomic mass is 9.94. The Morgan fingerprint density at radius 2 is 1.09 bits per heavy atom. The highest BCUT2D eigenvalue weighted by atomic mass is 16.3. The van der Waals surface area contributed by atoms with Crippen LogP contribution in [-0.2, 0) is 0 Å². The van der Waals surface area contributed by atoms with Crippen LogP contribution >= 0.6 is 0 Å². The molecule has 0 aliphatic heterocycles. The maximum Gasteiger partial charge on any atom is 0.162 e. The number of hydrogen-bond acceptors (Lipinski definition) is 3. The zero-order valence-corrected chi connectivity index (χ0v) is 23.8. The van der Waals surface area contributed by atoms with Crippen molar-refractivity contribution in [3.05, 3.63) is 158 Å². The van der Waals surface area contributed by atoms with Gasteiger partial charge in [-0.25, -0.2) is 0 Å². The third kappa shape index (κ3) is 3.87. The predicted molar refractivity (Wildman–Crippen MR) is 184 cm³/mol. The Morgan fingerprint density at radius 3 is 1.93 bits per heavy atom. The summed E-state index contributed by atoms with van der Waals surface area (Å²) >= 11 is 0. The standard InChI is InChI=1S/C41H26N2O/c1-2-9-32(10-3-1)43(38-26-42-25-37-35-12-6-7-13-39(35)44-41(37)38)33-22-20-27(21-23-33)31-19-16-29-15-18-30-17-14-28-8-4-5-11-34(28)40(30)36(29)24-31/h1-26H. The van der Waals surface area contributed by atoms with Gasteiger partial charge in [-0.05, 0) is 79.8 Å². The lowest BCUT2D eigenvalue weighted by Crippen LogP contribution is -2.10. The number of para-hydroxylation sites is 2. The van der Waals surface area contributed by atoms with Crippen LogP contribution in [0.3, 0.4) is 0 Å². The first-order chi connectivity index (χ1) is 21.8. The van der Waals surface area contributed by atoms with Crippen LogP contribution in [-0.4, -0.2) is 4.98 Å². The van der Waals surface area contributed by atoms with E-state index in [1.807, 2.05) is 36.7 Å². The molecular weight excluding hydrogens is 536 g/mol. The molecule has 0 atom stereocenters. The van der Waals surface area contributed by atoms with Gasteiger partial charge in [0.05, 0.1) is 6.20 Å². The molecule has 9 aromatic rings. The largest absolute Gasteiger partial charge is 0.454 e. The van der Waals surface area contributed by atoms with Crippen LogP contribution in [0.2, 0.25) is 0 Å². The fraction of sp³-hybridized carbons (Fsp3) is 0. The molecule has 7 aromatic carbocycles. The Kier molecular flexibility index (Phi) is 5.50. The van der Waals surface area contributed by atoms with Gasteiger partial charge in [0.15, 0.2) is 5.58 Å². The van der Waals surface area contributed by atoms with Crippen LogP contribution in [0.4, 0.5) is 17.1 Å². The Labute approximate surface area is 254 Å². The molecule has 2 aromatic heterocycles. The van der Waals surface area contributed by atoms with E-state index in [-0.39, 0.29) is 0 Å². The molecule has 206 valence electrons. The molecule has 0 N–H and O–H groups in total. The van der Waals surface area contributed by atoms with Crippen LogP contribution in [0.25, 0.3) is 65.4 Å².